The molecule has 0 spiro atoms. The highest BCUT2D eigenvalue weighted by Crippen LogP contribution is 2.14. The third kappa shape index (κ3) is 3.57. The van der Waals surface area contributed by atoms with E-state index in [9.17, 15) is 0 Å². The molecule has 1 aliphatic heterocycles. The molecule has 0 bridgehead atoms. The van der Waals surface area contributed by atoms with Crippen molar-refractivity contribution in [1.82, 2.24) is 15.1 Å². The Morgan fingerprint density at radius 1 is 1.44 bits per heavy atom. The zero-order chi connectivity index (χ0) is 13.0. The minimum absolute atomic E-state index is 0.515. The predicted molar refractivity (Wildman–Crippen MR) is 73.8 cm³/mol. The summed E-state index contributed by atoms with van der Waals surface area (Å²) < 4.78 is 5.14. The van der Waals surface area contributed by atoms with E-state index in [1.54, 1.807) is 6.26 Å². The first-order valence-electron chi connectivity index (χ1n) is 6.76. The van der Waals surface area contributed by atoms with Crippen molar-refractivity contribution in [1.29, 1.82) is 0 Å². The summed E-state index contributed by atoms with van der Waals surface area (Å²) in [6.45, 7) is 3.52. The number of likely N-dealkylation sites (N-methyl/N-ethyl adjacent to an activating group) is 3. The maximum atomic E-state index is 5.14. The molecule has 18 heavy (non-hydrogen) atoms. The molecule has 2 heterocycles. The molecule has 1 aromatic heterocycles. The average Bonchev–Trinajstić information content (AvgIpc) is 2.85. The van der Waals surface area contributed by atoms with Crippen LogP contribution in [0.25, 0.3) is 0 Å². The minimum Gasteiger partial charge on any atom is -0.472 e. The van der Waals surface area contributed by atoms with Crippen molar-refractivity contribution < 1.29 is 4.42 Å². The van der Waals surface area contributed by atoms with Gasteiger partial charge in [0.15, 0.2) is 0 Å². The highest BCUT2D eigenvalue weighted by molar-refractivity contribution is 5.07. The van der Waals surface area contributed by atoms with Crippen molar-refractivity contribution in [2.45, 2.75) is 24.9 Å². The van der Waals surface area contributed by atoms with Crippen LogP contribution in [-0.2, 0) is 6.42 Å². The predicted octanol–water partition coefficient (Wildman–Crippen LogP) is 1.05. The number of furan rings is 1. The third-order valence-electron chi connectivity index (χ3n) is 4.01. The third-order valence-corrected chi connectivity index (χ3v) is 4.01. The smallest absolute Gasteiger partial charge is 0.0935 e. The van der Waals surface area contributed by atoms with Gasteiger partial charge in [-0.05, 0) is 45.6 Å². The summed E-state index contributed by atoms with van der Waals surface area (Å²) in [6.07, 6.45) is 5.83. The first kappa shape index (κ1) is 13.6. The zero-order valence-corrected chi connectivity index (χ0v) is 11.7. The highest BCUT2D eigenvalue weighted by Gasteiger charge is 2.24. The molecular weight excluding hydrogens is 226 g/mol. The van der Waals surface area contributed by atoms with Crippen LogP contribution in [0.5, 0.6) is 0 Å². The van der Waals surface area contributed by atoms with Gasteiger partial charge in [0.05, 0.1) is 12.5 Å². The molecule has 1 saturated heterocycles. The van der Waals surface area contributed by atoms with Crippen molar-refractivity contribution in [3.8, 4) is 0 Å². The van der Waals surface area contributed by atoms with Gasteiger partial charge in [0.25, 0.3) is 0 Å². The number of piperazine rings is 1. The van der Waals surface area contributed by atoms with E-state index in [1.165, 1.54) is 31.6 Å². The quantitative estimate of drug-likeness (QED) is 0.847. The van der Waals surface area contributed by atoms with Crippen LogP contribution in [0.4, 0.5) is 0 Å². The molecule has 1 aliphatic rings. The Labute approximate surface area is 110 Å². The molecule has 1 fully saturated rings. The molecule has 4 nitrogen and oxygen atoms in total. The number of hydrogen-bond donors (Lipinski definition) is 1. The number of nitrogens with zero attached hydrogens (tertiary/aromatic N) is 2. The molecule has 4 heteroatoms. The molecule has 2 unspecified atom stereocenters. The number of rotatable bonds is 5. The lowest BCUT2D eigenvalue weighted by molar-refractivity contribution is 0.102. The minimum atomic E-state index is 0.515. The molecule has 0 aliphatic carbocycles. The normalized spacial score (nSPS) is 24.3. The van der Waals surface area contributed by atoms with E-state index in [0.29, 0.717) is 12.1 Å². The Balaban J connectivity index is 1.88. The second-order valence-corrected chi connectivity index (χ2v) is 5.45. The van der Waals surface area contributed by atoms with Crippen molar-refractivity contribution >= 4 is 0 Å². The molecule has 2 rings (SSSR count). The second-order valence-electron chi connectivity index (χ2n) is 5.45. The Kier molecular flexibility index (Phi) is 4.80. The van der Waals surface area contributed by atoms with Gasteiger partial charge >= 0.3 is 0 Å². The second kappa shape index (κ2) is 6.36. The van der Waals surface area contributed by atoms with Crippen molar-refractivity contribution in [2.24, 2.45) is 0 Å². The van der Waals surface area contributed by atoms with Crippen LogP contribution in [0, 0.1) is 0 Å². The summed E-state index contributed by atoms with van der Waals surface area (Å²) in [5.74, 6) is 0. The van der Waals surface area contributed by atoms with Crippen LogP contribution in [0.3, 0.4) is 0 Å². The lowest BCUT2D eigenvalue weighted by Crippen LogP contribution is -2.52. The number of hydrogen-bond acceptors (Lipinski definition) is 4. The summed E-state index contributed by atoms with van der Waals surface area (Å²) in [4.78, 5) is 4.91. The molecule has 1 aromatic rings. The van der Waals surface area contributed by atoms with Gasteiger partial charge in [0.1, 0.15) is 0 Å². The Morgan fingerprint density at radius 2 is 2.28 bits per heavy atom. The molecule has 2 atom stereocenters. The maximum absolute atomic E-state index is 5.14. The topological polar surface area (TPSA) is 31.7 Å². The fourth-order valence-electron chi connectivity index (χ4n) is 2.68. The van der Waals surface area contributed by atoms with Crippen LogP contribution in [-0.4, -0.2) is 62.7 Å². The summed E-state index contributed by atoms with van der Waals surface area (Å²) >= 11 is 0. The van der Waals surface area contributed by atoms with Gasteiger partial charge in [0.2, 0.25) is 0 Å². The van der Waals surface area contributed by atoms with E-state index in [-0.39, 0.29) is 0 Å². The van der Waals surface area contributed by atoms with Crippen LogP contribution in [0.1, 0.15) is 12.0 Å². The molecule has 102 valence electrons. The van der Waals surface area contributed by atoms with Crippen molar-refractivity contribution in [3.63, 3.8) is 0 Å². The lowest BCUT2D eigenvalue weighted by Gasteiger charge is -2.39. The number of nitrogens with one attached hydrogen (secondary N) is 1. The van der Waals surface area contributed by atoms with E-state index in [0.717, 1.165) is 6.42 Å². The van der Waals surface area contributed by atoms with Crippen LogP contribution < -0.4 is 5.32 Å². The van der Waals surface area contributed by atoms with Gasteiger partial charge in [-0.25, -0.2) is 0 Å². The average molecular weight is 251 g/mol. The summed E-state index contributed by atoms with van der Waals surface area (Å²) in [7, 11) is 6.50. The van der Waals surface area contributed by atoms with Crippen molar-refractivity contribution in [3.05, 3.63) is 24.2 Å². The summed E-state index contributed by atoms with van der Waals surface area (Å²) in [5, 5.41) is 3.44. The first-order chi connectivity index (χ1) is 8.69. The van der Waals surface area contributed by atoms with Crippen molar-refractivity contribution in [2.75, 3.05) is 40.8 Å². The van der Waals surface area contributed by atoms with Crippen LogP contribution in [0.15, 0.2) is 23.0 Å². The highest BCUT2D eigenvalue weighted by atomic mass is 16.3. The van der Waals surface area contributed by atoms with Crippen LogP contribution in [0.2, 0.25) is 0 Å². The fourth-order valence-corrected chi connectivity index (χ4v) is 2.68. The molecule has 0 aromatic carbocycles. The molecule has 1 N–H and O–H groups in total. The van der Waals surface area contributed by atoms with Gasteiger partial charge in [-0.15, -0.1) is 0 Å². The summed E-state index contributed by atoms with van der Waals surface area (Å²) in [5.41, 5.74) is 1.28. The standard InChI is InChI=1S/C14H25N3O/c1-15-13(8-12-4-7-18-11-12)9-14-10-16(2)5-6-17(14)3/h4,7,11,13-15H,5-6,8-10H2,1-3H3. The van der Waals surface area contributed by atoms with Gasteiger partial charge < -0.3 is 19.5 Å². The van der Waals surface area contributed by atoms with Gasteiger partial charge in [-0.1, -0.05) is 0 Å². The molecule has 0 radical (unpaired) electrons. The fraction of sp³-hybridized carbons (Fsp3) is 0.714. The van der Waals surface area contributed by atoms with Gasteiger partial charge in [0, 0.05) is 31.7 Å². The van der Waals surface area contributed by atoms with E-state index >= 15 is 0 Å². The lowest BCUT2D eigenvalue weighted by atomic mass is 9.99. The zero-order valence-electron chi connectivity index (χ0n) is 11.7. The Bertz CT molecular complexity index is 339. The first-order valence-corrected chi connectivity index (χ1v) is 6.76. The summed E-state index contributed by atoms with van der Waals surface area (Å²) in [6, 6.07) is 3.22. The Hall–Kier alpha value is -0.840. The van der Waals surface area contributed by atoms with Crippen LogP contribution >= 0.6 is 0 Å². The monoisotopic (exact) mass is 251 g/mol. The maximum Gasteiger partial charge on any atom is 0.0935 e. The Morgan fingerprint density at radius 3 is 2.94 bits per heavy atom. The molecular formula is C14H25N3O. The van der Waals surface area contributed by atoms with E-state index in [2.05, 4.69) is 42.3 Å². The molecule has 0 amide bonds. The van der Waals surface area contributed by atoms with Gasteiger partial charge in [-0.3, -0.25) is 0 Å². The molecule has 0 saturated carbocycles. The van der Waals surface area contributed by atoms with Gasteiger partial charge in [-0.2, -0.15) is 0 Å². The largest absolute Gasteiger partial charge is 0.472 e. The van der Waals surface area contributed by atoms with E-state index in [1.807, 2.05) is 6.26 Å². The SMILES string of the molecule is CNC(Cc1ccoc1)CC1CN(C)CCN1C. The van der Waals surface area contributed by atoms with E-state index < -0.39 is 0 Å². The van der Waals surface area contributed by atoms with E-state index in [4.69, 9.17) is 4.42 Å².